The fourth-order valence-corrected chi connectivity index (χ4v) is 2.35. The highest BCUT2D eigenvalue weighted by Crippen LogP contribution is 2.29. The zero-order chi connectivity index (χ0) is 12.3. The van der Waals surface area contributed by atoms with Crippen LogP contribution in [0.2, 0.25) is 5.02 Å². The molecule has 0 bridgehead atoms. The lowest BCUT2D eigenvalue weighted by molar-refractivity contribution is 0.325. The topological polar surface area (TPSA) is 12.0 Å². The Hall–Kier alpha value is -0.530. The van der Waals surface area contributed by atoms with Crippen LogP contribution in [0.25, 0.3) is 0 Å². The summed E-state index contributed by atoms with van der Waals surface area (Å²) in [6.07, 6.45) is 4.99. The van der Waals surface area contributed by atoms with Crippen molar-refractivity contribution < 1.29 is 0 Å². The van der Waals surface area contributed by atoms with Gasteiger partial charge in [0.2, 0.25) is 0 Å². The van der Waals surface area contributed by atoms with Crippen LogP contribution in [-0.4, -0.2) is 12.6 Å². The van der Waals surface area contributed by atoms with Gasteiger partial charge in [0.05, 0.1) is 0 Å². The molecular weight excluding hydrogens is 230 g/mol. The Kier molecular flexibility index (Phi) is 4.11. The minimum atomic E-state index is 0.312. The maximum atomic E-state index is 6.21. The van der Waals surface area contributed by atoms with Crippen LogP contribution in [0.1, 0.15) is 38.7 Å². The Morgan fingerprint density at radius 2 is 2.00 bits per heavy atom. The molecule has 1 aromatic carbocycles. The molecule has 1 saturated carbocycles. The van der Waals surface area contributed by atoms with Gasteiger partial charge < -0.3 is 5.32 Å². The number of rotatable bonds is 6. The minimum absolute atomic E-state index is 0.312. The van der Waals surface area contributed by atoms with Crippen LogP contribution < -0.4 is 5.32 Å². The maximum absolute atomic E-state index is 6.21. The van der Waals surface area contributed by atoms with Gasteiger partial charge in [0.1, 0.15) is 0 Å². The first-order valence-corrected chi connectivity index (χ1v) is 6.91. The Bertz CT molecular complexity index is 369. The van der Waals surface area contributed by atoms with Gasteiger partial charge in [-0.3, -0.25) is 0 Å². The van der Waals surface area contributed by atoms with Crippen molar-refractivity contribution in [3.63, 3.8) is 0 Å². The monoisotopic (exact) mass is 251 g/mol. The van der Waals surface area contributed by atoms with E-state index in [1.165, 1.54) is 24.8 Å². The van der Waals surface area contributed by atoms with Gasteiger partial charge >= 0.3 is 0 Å². The number of benzene rings is 1. The molecule has 1 aromatic rings. The Balaban J connectivity index is 1.84. The molecule has 17 heavy (non-hydrogen) atoms. The second kappa shape index (κ2) is 5.41. The van der Waals surface area contributed by atoms with Crippen LogP contribution in [0.5, 0.6) is 0 Å². The molecule has 0 amide bonds. The smallest absolute Gasteiger partial charge is 0.0438 e. The molecule has 0 aromatic heterocycles. The number of hydrogen-bond donors (Lipinski definition) is 1. The van der Waals surface area contributed by atoms with Gasteiger partial charge in [0, 0.05) is 11.1 Å². The van der Waals surface area contributed by atoms with Crippen molar-refractivity contribution in [1.29, 1.82) is 0 Å². The standard InChI is InChI=1S/C15H22ClN/c1-15(2,9-10-17-13-7-8-13)11-12-5-3-4-6-14(12)16/h3-6,13,17H,7-11H2,1-2H3. The normalized spacial score (nSPS) is 16.2. The average Bonchev–Trinajstić information content (AvgIpc) is 3.05. The summed E-state index contributed by atoms with van der Waals surface area (Å²) in [5.74, 6) is 0. The van der Waals surface area contributed by atoms with E-state index in [1.807, 2.05) is 12.1 Å². The molecule has 1 nitrogen and oxygen atoms in total. The van der Waals surface area contributed by atoms with Crippen molar-refractivity contribution >= 4 is 11.6 Å². The predicted molar refractivity (Wildman–Crippen MR) is 74.6 cm³/mol. The zero-order valence-electron chi connectivity index (χ0n) is 10.8. The van der Waals surface area contributed by atoms with Crippen LogP contribution in [0, 0.1) is 5.41 Å². The molecule has 0 atom stereocenters. The van der Waals surface area contributed by atoms with Crippen molar-refractivity contribution in [3.8, 4) is 0 Å². The van der Waals surface area contributed by atoms with Crippen molar-refractivity contribution in [1.82, 2.24) is 5.32 Å². The molecule has 1 fully saturated rings. The van der Waals surface area contributed by atoms with Gasteiger partial charge in [0.25, 0.3) is 0 Å². The van der Waals surface area contributed by atoms with E-state index in [0.717, 1.165) is 24.0 Å². The van der Waals surface area contributed by atoms with Gasteiger partial charge in [-0.1, -0.05) is 43.6 Å². The summed E-state index contributed by atoms with van der Waals surface area (Å²) in [5, 5.41) is 4.48. The van der Waals surface area contributed by atoms with E-state index < -0.39 is 0 Å². The van der Waals surface area contributed by atoms with E-state index in [-0.39, 0.29) is 0 Å². The van der Waals surface area contributed by atoms with E-state index in [4.69, 9.17) is 11.6 Å². The quantitative estimate of drug-likeness (QED) is 0.804. The van der Waals surface area contributed by atoms with Crippen molar-refractivity contribution in [2.24, 2.45) is 5.41 Å². The summed E-state index contributed by atoms with van der Waals surface area (Å²) in [6, 6.07) is 8.99. The zero-order valence-corrected chi connectivity index (χ0v) is 11.6. The second-order valence-electron chi connectivity index (χ2n) is 5.91. The average molecular weight is 252 g/mol. The molecule has 94 valence electrons. The third-order valence-electron chi connectivity index (χ3n) is 3.44. The molecule has 0 saturated heterocycles. The van der Waals surface area contributed by atoms with Crippen LogP contribution >= 0.6 is 11.6 Å². The van der Waals surface area contributed by atoms with Gasteiger partial charge in [0.15, 0.2) is 0 Å². The molecule has 2 rings (SSSR count). The molecule has 0 aliphatic heterocycles. The van der Waals surface area contributed by atoms with Gasteiger partial charge in [-0.05, 0) is 49.3 Å². The first kappa shape index (κ1) is 12.9. The van der Waals surface area contributed by atoms with Crippen LogP contribution in [0.3, 0.4) is 0 Å². The summed E-state index contributed by atoms with van der Waals surface area (Å²) < 4.78 is 0. The molecule has 1 aliphatic carbocycles. The molecule has 0 heterocycles. The molecule has 0 radical (unpaired) electrons. The third-order valence-corrected chi connectivity index (χ3v) is 3.81. The molecule has 0 spiro atoms. The lowest BCUT2D eigenvalue weighted by atomic mass is 9.82. The SMILES string of the molecule is CC(C)(CCNC1CC1)Cc1ccccc1Cl. The van der Waals surface area contributed by atoms with Crippen LogP contribution in [0.15, 0.2) is 24.3 Å². The van der Waals surface area contributed by atoms with E-state index in [0.29, 0.717) is 5.41 Å². The summed E-state index contributed by atoms with van der Waals surface area (Å²) in [4.78, 5) is 0. The lowest BCUT2D eigenvalue weighted by Crippen LogP contribution is -2.25. The van der Waals surface area contributed by atoms with Gasteiger partial charge in [-0.15, -0.1) is 0 Å². The largest absolute Gasteiger partial charge is 0.314 e. The van der Waals surface area contributed by atoms with Crippen molar-refractivity contribution in [2.75, 3.05) is 6.54 Å². The van der Waals surface area contributed by atoms with E-state index in [1.54, 1.807) is 0 Å². The van der Waals surface area contributed by atoms with Gasteiger partial charge in [-0.2, -0.15) is 0 Å². The predicted octanol–water partition coefficient (Wildman–Crippen LogP) is 4.05. The molecule has 0 unspecified atom stereocenters. The fourth-order valence-electron chi connectivity index (χ4n) is 2.15. The van der Waals surface area contributed by atoms with Crippen LogP contribution in [-0.2, 0) is 6.42 Å². The highest BCUT2D eigenvalue weighted by Gasteiger charge is 2.23. The Morgan fingerprint density at radius 3 is 2.65 bits per heavy atom. The number of halogens is 1. The Morgan fingerprint density at radius 1 is 1.29 bits per heavy atom. The van der Waals surface area contributed by atoms with Gasteiger partial charge in [-0.25, -0.2) is 0 Å². The van der Waals surface area contributed by atoms with E-state index in [9.17, 15) is 0 Å². The highest BCUT2D eigenvalue weighted by molar-refractivity contribution is 6.31. The minimum Gasteiger partial charge on any atom is -0.314 e. The summed E-state index contributed by atoms with van der Waals surface area (Å²) in [7, 11) is 0. The third kappa shape index (κ3) is 4.33. The molecule has 1 aliphatic rings. The second-order valence-corrected chi connectivity index (χ2v) is 6.32. The summed E-state index contributed by atoms with van der Waals surface area (Å²) >= 11 is 6.21. The molecule has 1 N–H and O–H groups in total. The first-order chi connectivity index (χ1) is 8.07. The van der Waals surface area contributed by atoms with Crippen LogP contribution in [0.4, 0.5) is 0 Å². The molecular formula is C15H22ClN. The van der Waals surface area contributed by atoms with Crippen molar-refractivity contribution in [3.05, 3.63) is 34.9 Å². The highest BCUT2D eigenvalue weighted by atomic mass is 35.5. The summed E-state index contributed by atoms with van der Waals surface area (Å²) in [5.41, 5.74) is 1.58. The van der Waals surface area contributed by atoms with E-state index >= 15 is 0 Å². The van der Waals surface area contributed by atoms with Crippen molar-refractivity contribution in [2.45, 2.75) is 45.6 Å². The summed E-state index contributed by atoms with van der Waals surface area (Å²) in [6.45, 7) is 5.78. The number of nitrogens with one attached hydrogen (secondary N) is 1. The number of hydrogen-bond acceptors (Lipinski definition) is 1. The lowest BCUT2D eigenvalue weighted by Gasteiger charge is -2.25. The Labute approximate surface area is 110 Å². The maximum Gasteiger partial charge on any atom is 0.0438 e. The fraction of sp³-hybridized carbons (Fsp3) is 0.600. The van der Waals surface area contributed by atoms with E-state index in [2.05, 4.69) is 31.3 Å². The molecule has 2 heteroatoms. The first-order valence-electron chi connectivity index (χ1n) is 6.54.